The number of ketones is 1. The first-order valence-corrected chi connectivity index (χ1v) is 11.7. The van der Waals surface area contributed by atoms with Crippen molar-refractivity contribution in [2.24, 2.45) is 5.92 Å². The Bertz CT molecular complexity index is 1240. The van der Waals surface area contributed by atoms with Crippen LogP contribution in [0.5, 0.6) is 5.75 Å². The lowest BCUT2D eigenvalue weighted by molar-refractivity contribution is -0.117. The summed E-state index contributed by atoms with van der Waals surface area (Å²) in [5, 5.41) is 3.59. The van der Waals surface area contributed by atoms with E-state index >= 15 is 0 Å². The first-order chi connectivity index (χ1) is 16.1. The van der Waals surface area contributed by atoms with Crippen molar-refractivity contribution in [1.29, 1.82) is 0 Å². The number of halogens is 5. The summed E-state index contributed by atoms with van der Waals surface area (Å²) < 4.78 is 17.3. The standard InChI is InChI=1S/C25H18Cl4FNO3/c1-34-23-18(20(32)9-13-5-7-17(30)8-6-13)3-2-4-19(23)31-24(33)22-21(25(22,28)29)14-10-15(26)12-16(27)11-14/h2-8,10-12,21-22H,9H2,1H3,(H,31,33). The maximum Gasteiger partial charge on any atom is 0.231 e. The van der Waals surface area contributed by atoms with Gasteiger partial charge in [-0.05, 0) is 53.6 Å². The molecule has 1 N–H and O–H groups in total. The van der Waals surface area contributed by atoms with Crippen LogP contribution in [0.15, 0.2) is 60.7 Å². The molecule has 2 unspecified atom stereocenters. The number of benzene rings is 3. The van der Waals surface area contributed by atoms with Crippen LogP contribution in [0, 0.1) is 11.7 Å². The van der Waals surface area contributed by atoms with Gasteiger partial charge in [-0.3, -0.25) is 9.59 Å². The van der Waals surface area contributed by atoms with Crippen molar-refractivity contribution in [3.8, 4) is 5.75 Å². The minimum absolute atomic E-state index is 0.0424. The van der Waals surface area contributed by atoms with Crippen LogP contribution in [0.1, 0.15) is 27.4 Å². The van der Waals surface area contributed by atoms with E-state index in [4.69, 9.17) is 51.1 Å². The number of hydrogen-bond acceptors (Lipinski definition) is 3. The third kappa shape index (κ3) is 5.03. The Balaban J connectivity index is 1.55. The van der Waals surface area contributed by atoms with Crippen molar-refractivity contribution in [2.45, 2.75) is 16.7 Å². The van der Waals surface area contributed by atoms with Crippen LogP contribution in [0.2, 0.25) is 10.0 Å². The average Bonchev–Trinajstić information content (AvgIpc) is 3.36. The van der Waals surface area contributed by atoms with E-state index in [0.717, 1.165) is 0 Å². The lowest BCUT2D eigenvalue weighted by Gasteiger charge is -2.14. The van der Waals surface area contributed by atoms with Gasteiger partial charge in [0.05, 0.1) is 24.3 Å². The largest absolute Gasteiger partial charge is 0.494 e. The fourth-order valence-corrected chi connectivity index (χ4v) is 5.36. The molecule has 0 aliphatic heterocycles. The number of anilines is 1. The van der Waals surface area contributed by atoms with E-state index in [1.165, 1.54) is 19.2 Å². The van der Waals surface area contributed by atoms with Crippen LogP contribution in [0.3, 0.4) is 0 Å². The predicted octanol–water partition coefficient (Wildman–Crippen LogP) is 7.09. The van der Waals surface area contributed by atoms with Gasteiger partial charge in [0.25, 0.3) is 0 Å². The summed E-state index contributed by atoms with van der Waals surface area (Å²) in [4.78, 5) is 26.0. The molecule has 3 aromatic carbocycles. The quantitative estimate of drug-likeness (QED) is 0.257. The molecule has 34 heavy (non-hydrogen) atoms. The molecule has 0 aromatic heterocycles. The molecule has 0 saturated heterocycles. The number of Topliss-reactive ketones (excluding diaryl/α,β-unsaturated/α-hetero) is 1. The Morgan fingerprint density at radius 2 is 1.68 bits per heavy atom. The zero-order valence-corrected chi connectivity index (χ0v) is 20.8. The zero-order valence-electron chi connectivity index (χ0n) is 17.7. The molecule has 1 aliphatic rings. The van der Waals surface area contributed by atoms with Crippen molar-refractivity contribution in [1.82, 2.24) is 0 Å². The number of carbonyl (C=O) groups excluding carboxylic acids is 2. The monoisotopic (exact) mass is 539 g/mol. The molecule has 3 aromatic rings. The van der Waals surface area contributed by atoms with Gasteiger partial charge in [-0.15, -0.1) is 23.2 Å². The highest BCUT2D eigenvalue weighted by molar-refractivity contribution is 6.53. The summed E-state index contributed by atoms with van der Waals surface area (Å²) in [7, 11) is 1.40. The van der Waals surface area contributed by atoms with Crippen LogP contribution in [0.25, 0.3) is 0 Å². The third-order valence-electron chi connectivity index (χ3n) is 5.64. The number of amides is 1. The minimum Gasteiger partial charge on any atom is -0.494 e. The first-order valence-electron chi connectivity index (χ1n) is 10.2. The molecule has 1 saturated carbocycles. The maximum atomic E-state index is 13.2. The van der Waals surface area contributed by atoms with E-state index in [0.29, 0.717) is 26.9 Å². The molecule has 2 atom stereocenters. The Morgan fingerprint density at radius 3 is 2.29 bits per heavy atom. The highest BCUT2D eigenvalue weighted by Gasteiger charge is 2.67. The van der Waals surface area contributed by atoms with Gasteiger partial charge < -0.3 is 10.1 Å². The van der Waals surface area contributed by atoms with Crippen molar-refractivity contribution in [3.63, 3.8) is 0 Å². The number of hydrogen-bond donors (Lipinski definition) is 1. The molecule has 4 rings (SSSR count). The van der Waals surface area contributed by atoms with Crippen LogP contribution >= 0.6 is 46.4 Å². The van der Waals surface area contributed by atoms with Gasteiger partial charge in [0, 0.05) is 22.4 Å². The van der Waals surface area contributed by atoms with Gasteiger partial charge in [0.1, 0.15) is 10.2 Å². The Hall–Kier alpha value is -2.31. The smallest absolute Gasteiger partial charge is 0.231 e. The van der Waals surface area contributed by atoms with E-state index in [9.17, 15) is 14.0 Å². The van der Waals surface area contributed by atoms with Crippen molar-refractivity contribution < 1.29 is 18.7 Å². The van der Waals surface area contributed by atoms with E-state index in [1.807, 2.05) is 0 Å². The van der Waals surface area contributed by atoms with Gasteiger partial charge in [-0.25, -0.2) is 4.39 Å². The summed E-state index contributed by atoms with van der Waals surface area (Å²) >= 11 is 25.0. The highest BCUT2D eigenvalue weighted by Crippen LogP contribution is 2.65. The van der Waals surface area contributed by atoms with Gasteiger partial charge in [0.15, 0.2) is 11.5 Å². The Morgan fingerprint density at radius 1 is 1.03 bits per heavy atom. The molecule has 9 heteroatoms. The Labute approximate surface area is 215 Å². The van der Waals surface area contributed by atoms with Crippen LogP contribution in [-0.4, -0.2) is 23.1 Å². The van der Waals surface area contributed by atoms with E-state index < -0.39 is 22.1 Å². The van der Waals surface area contributed by atoms with Gasteiger partial charge in [0.2, 0.25) is 5.91 Å². The molecule has 1 amide bonds. The number of carbonyl (C=O) groups is 2. The van der Waals surface area contributed by atoms with E-state index in [2.05, 4.69) is 5.32 Å². The van der Waals surface area contributed by atoms with Crippen molar-refractivity contribution in [2.75, 3.05) is 12.4 Å². The first kappa shape index (κ1) is 24.8. The van der Waals surface area contributed by atoms with Crippen LogP contribution in [-0.2, 0) is 11.2 Å². The number of ether oxygens (including phenoxy) is 1. The van der Waals surface area contributed by atoms with Gasteiger partial charge in [-0.1, -0.05) is 41.4 Å². The van der Waals surface area contributed by atoms with Crippen LogP contribution in [0.4, 0.5) is 10.1 Å². The molecular formula is C25H18Cl4FNO3. The number of nitrogens with one attached hydrogen (secondary N) is 1. The maximum absolute atomic E-state index is 13.2. The second-order valence-corrected chi connectivity index (χ2v) is 10.3. The van der Waals surface area contributed by atoms with Crippen molar-refractivity contribution >= 4 is 63.8 Å². The van der Waals surface area contributed by atoms with E-state index in [-0.39, 0.29) is 29.3 Å². The number of alkyl halides is 2. The second kappa shape index (κ2) is 9.74. The second-order valence-electron chi connectivity index (χ2n) is 7.93. The summed E-state index contributed by atoms with van der Waals surface area (Å²) in [5.41, 5.74) is 1.88. The molecule has 0 heterocycles. The molecule has 1 aliphatic carbocycles. The lowest BCUT2D eigenvalue weighted by Crippen LogP contribution is -2.18. The summed E-state index contributed by atoms with van der Waals surface area (Å²) in [6.07, 6.45) is 0.0424. The third-order valence-corrected chi connectivity index (χ3v) is 7.01. The average molecular weight is 541 g/mol. The fraction of sp³-hybridized carbons (Fsp3) is 0.200. The SMILES string of the molecule is COc1c(NC(=O)C2C(c3cc(Cl)cc(Cl)c3)C2(Cl)Cl)cccc1C(=O)Cc1ccc(F)cc1. The molecule has 4 nitrogen and oxygen atoms in total. The minimum atomic E-state index is -1.35. The summed E-state index contributed by atoms with van der Waals surface area (Å²) in [5.74, 6) is -2.14. The van der Waals surface area contributed by atoms with Crippen LogP contribution < -0.4 is 10.1 Å². The Kier molecular flexibility index (Phi) is 7.11. The highest BCUT2D eigenvalue weighted by atomic mass is 35.5. The zero-order chi connectivity index (χ0) is 24.6. The molecule has 1 fully saturated rings. The van der Waals surface area contributed by atoms with Crippen molar-refractivity contribution in [3.05, 3.63) is 93.2 Å². The van der Waals surface area contributed by atoms with Gasteiger partial charge >= 0.3 is 0 Å². The number of methoxy groups -OCH3 is 1. The fourth-order valence-electron chi connectivity index (χ4n) is 3.99. The van der Waals surface area contributed by atoms with E-state index in [1.54, 1.807) is 48.5 Å². The lowest BCUT2D eigenvalue weighted by atomic mass is 10.0. The molecule has 0 spiro atoms. The topological polar surface area (TPSA) is 55.4 Å². The summed E-state index contributed by atoms with van der Waals surface area (Å²) in [6, 6.07) is 15.4. The predicted molar refractivity (Wildman–Crippen MR) is 133 cm³/mol. The molecule has 0 radical (unpaired) electrons. The number of rotatable bonds is 7. The normalized spacial score (nSPS) is 18.3. The van der Waals surface area contributed by atoms with Gasteiger partial charge in [-0.2, -0.15) is 0 Å². The summed E-state index contributed by atoms with van der Waals surface area (Å²) in [6.45, 7) is 0. The molecular weight excluding hydrogens is 523 g/mol. The molecule has 176 valence electrons. The number of para-hydroxylation sites is 1. The molecule has 0 bridgehead atoms.